The summed E-state index contributed by atoms with van der Waals surface area (Å²) in [5.41, 5.74) is 0.956. The van der Waals surface area contributed by atoms with E-state index in [1.54, 1.807) is 6.20 Å². The Morgan fingerprint density at radius 1 is 1.33 bits per heavy atom. The monoisotopic (exact) mass is 244 g/mol. The van der Waals surface area contributed by atoms with Crippen LogP contribution in [0.1, 0.15) is 0 Å². The van der Waals surface area contributed by atoms with Crippen molar-refractivity contribution in [1.29, 1.82) is 0 Å². The van der Waals surface area contributed by atoms with E-state index in [2.05, 4.69) is 10.3 Å². The fraction of sp³-hybridized carbons (Fsp3) is 0.357. The van der Waals surface area contributed by atoms with Gasteiger partial charge in [-0.25, -0.2) is 0 Å². The molecule has 0 amide bonds. The number of hydrogen-bond donors (Lipinski definition) is 1. The highest BCUT2D eigenvalue weighted by Gasteiger charge is 2.14. The minimum absolute atomic E-state index is 0.130. The highest BCUT2D eigenvalue weighted by Crippen LogP contribution is 2.23. The van der Waals surface area contributed by atoms with Crippen LogP contribution >= 0.6 is 0 Å². The topological polar surface area (TPSA) is 43.4 Å². The number of fused-ring (bicyclic) bond motifs is 1. The molecule has 94 valence electrons. The molecule has 0 aliphatic carbocycles. The normalized spacial score (nSPS) is 19.9. The van der Waals surface area contributed by atoms with Crippen molar-refractivity contribution in [2.24, 2.45) is 0 Å². The second kappa shape index (κ2) is 5.33. The van der Waals surface area contributed by atoms with E-state index >= 15 is 0 Å². The molecule has 4 nitrogen and oxygen atoms in total. The number of nitrogens with zero attached hydrogens (tertiary/aromatic N) is 1. The molecule has 1 N–H and O–H groups in total. The van der Waals surface area contributed by atoms with E-state index in [0.29, 0.717) is 6.61 Å². The van der Waals surface area contributed by atoms with E-state index < -0.39 is 0 Å². The first-order chi connectivity index (χ1) is 8.93. The lowest BCUT2D eigenvalue weighted by atomic mass is 10.2. The summed E-state index contributed by atoms with van der Waals surface area (Å²) in [6.07, 6.45) is 1.92. The van der Waals surface area contributed by atoms with Crippen LogP contribution < -0.4 is 10.1 Å². The predicted molar refractivity (Wildman–Crippen MR) is 69.8 cm³/mol. The minimum atomic E-state index is 0.130. The maximum atomic E-state index is 5.85. The average molecular weight is 244 g/mol. The maximum Gasteiger partial charge on any atom is 0.128 e. The van der Waals surface area contributed by atoms with Gasteiger partial charge in [0, 0.05) is 24.7 Å². The van der Waals surface area contributed by atoms with Crippen molar-refractivity contribution in [3.05, 3.63) is 36.5 Å². The standard InChI is InChI=1S/C14H16N2O2/c1-4-13-12(3-2-6-16-13)14(5-1)18-10-11-9-15-7-8-17-11/h1-6,11,15H,7-10H2/t11-/m0/s1. The van der Waals surface area contributed by atoms with E-state index in [1.807, 2.05) is 30.3 Å². The van der Waals surface area contributed by atoms with Gasteiger partial charge in [-0.3, -0.25) is 4.98 Å². The molecule has 3 rings (SSSR count). The molecule has 0 saturated carbocycles. The summed E-state index contributed by atoms with van der Waals surface area (Å²) in [6, 6.07) is 9.87. The van der Waals surface area contributed by atoms with E-state index in [9.17, 15) is 0 Å². The van der Waals surface area contributed by atoms with Crippen LogP contribution in [0.5, 0.6) is 5.75 Å². The van der Waals surface area contributed by atoms with Gasteiger partial charge in [0.1, 0.15) is 18.5 Å². The van der Waals surface area contributed by atoms with Crippen LogP contribution in [0.3, 0.4) is 0 Å². The number of rotatable bonds is 3. The van der Waals surface area contributed by atoms with Crippen molar-refractivity contribution < 1.29 is 9.47 Å². The first-order valence-electron chi connectivity index (χ1n) is 6.22. The van der Waals surface area contributed by atoms with Crippen molar-refractivity contribution >= 4 is 10.9 Å². The lowest BCUT2D eigenvalue weighted by Gasteiger charge is -2.23. The third-order valence-corrected chi connectivity index (χ3v) is 3.03. The highest BCUT2D eigenvalue weighted by molar-refractivity contribution is 5.84. The molecule has 2 aromatic rings. The number of ether oxygens (including phenoxy) is 2. The van der Waals surface area contributed by atoms with Crippen LogP contribution in [0.15, 0.2) is 36.5 Å². The Balaban J connectivity index is 1.74. The minimum Gasteiger partial charge on any atom is -0.490 e. The molecule has 1 aromatic heterocycles. The maximum absolute atomic E-state index is 5.85. The summed E-state index contributed by atoms with van der Waals surface area (Å²) in [5, 5.41) is 4.34. The Morgan fingerprint density at radius 3 is 3.22 bits per heavy atom. The molecule has 0 bridgehead atoms. The molecule has 1 saturated heterocycles. The smallest absolute Gasteiger partial charge is 0.128 e. The van der Waals surface area contributed by atoms with E-state index in [0.717, 1.165) is 36.3 Å². The number of nitrogens with one attached hydrogen (secondary N) is 1. The number of aromatic nitrogens is 1. The first kappa shape index (κ1) is 11.4. The largest absolute Gasteiger partial charge is 0.490 e. The summed E-state index contributed by atoms with van der Waals surface area (Å²) in [7, 11) is 0. The van der Waals surface area contributed by atoms with E-state index in [4.69, 9.17) is 9.47 Å². The Hall–Kier alpha value is -1.65. The number of benzene rings is 1. The Morgan fingerprint density at radius 2 is 2.33 bits per heavy atom. The van der Waals surface area contributed by atoms with Gasteiger partial charge in [-0.05, 0) is 24.3 Å². The lowest BCUT2D eigenvalue weighted by Crippen LogP contribution is -2.41. The molecular weight excluding hydrogens is 228 g/mol. The van der Waals surface area contributed by atoms with Gasteiger partial charge in [0.2, 0.25) is 0 Å². The third-order valence-electron chi connectivity index (χ3n) is 3.03. The Kier molecular flexibility index (Phi) is 3.39. The van der Waals surface area contributed by atoms with Crippen molar-refractivity contribution in [2.75, 3.05) is 26.3 Å². The second-order valence-corrected chi connectivity index (χ2v) is 4.33. The summed E-state index contributed by atoms with van der Waals surface area (Å²) in [4.78, 5) is 4.31. The van der Waals surface area contributed by atoms with Gasteiger partial charge in [0.05, 0.1) is 12.1 Å². The van der Waals surface area contributed by atoms with Crippen LogP contribution in [-0.2, 0) is 4.74 Å². The number of morpholine rings is 1. The van der Waals surface area contributed by atoms with Crippen LogP contribution in [0, 0.1) is 0 Å². The molecular formula is C14H16N2O2. The molecule has 0 radical (unpaired) electrons. The Bertz CT molecular complexity index is 519. The SMILES string of the molecule is c1cc(OC[C@@H]2CNCCO2)c2cccnc2c1. The van der Waals surface area contributed by atoms with Crippen LogP contribution in [0.2, 0.25) is 0 Å². The van der Waals surface area contributed by atoms with Gasteiger partial charge < -0.3 is 14.8 Å². The molecule has 18 heavy (non-hydrogen) atoms. The van der Waals surface area contributed by atoms with Gasteiger partial charge in [0.15, 0.2) is 0 Å². The number of hydrogen-bond acceptors (Lipinski definition) is 4. The van der Waals surface area contributed by atoms with Crippen LogP contribution in [0.4, 0.5) is 0 Å². The van der Waals surface area contributed by atoms with Crippen LogP contribution in [0.25, 0.3) is 10.9 Å². The van der Waals surface area contributed by atoms with Gasteiger partial charge in [-0.1, -0.05) is 6.07 Å². The first-order valence-corrected chi connectivity index (χ1v) is 6.22. The van der Waals surface area contributed by atoms with Crippen molar-refractivity contribution in [3.8, 4) is 5.75 Å². The molecule has 1 aliphatic rings. The molecule has 0 unspecified atom stereocenters. The zero-order valence-electron chi connectivity index (χ0n) is 10.1. The molecule has 1 atom stereocenters. The van der Waals surface area contributed by atoms with Gasteiger partial charge >= 0.3 is 0 Å². The quantitative estimate of drug-likeness (QED) is 0.890. The van der Waals surface area contributed by atoms with Gasteiger partial charge in [-0.15, -0.1) is 0 Å². The zero-order chi connectivity index (χ0) is 12.2. The molecule has 1 fully saturated rings. The molecule has 0 spiro atoms. The molecule has 4 heteroatoms. The fourth-order valence-corrected chi connectivity index (χ4v) is 2.11. The molecule has 1 aliphatic heterocycles. The zero-order valence-corrected chi connectivity index (χ0v) is 10.1. The van der Waals surface area contributed by atoms with Crippen LogP contribution in [-0.4, -0.2) is 37.4 Å². The summed E-state index contributed by atoms with van der Waals surface area (Å²) >= 11 is 0. The fourth-order valence-electron chi connectivity index (χ4n) is 2.11. The van der Waals surface area contributed by atoms with E-state index in [-0.39, 0.29) is 6.10 Å². The summed E-state index contributed by atoms with van der Waals surface area (Å²) in [6.45, 7) is 3.10. The summed E-state index contributed by atoms with van der Waals surface area (Å²) in [5.74, 6) is 0.870. The van der Waals surface area contributed by atoms with Crippen molar-refractivity contribution in [2.45, 2.75) is 6.10 Å². The molecule has 2 heterocycles. The highest BCUT2D eigenvalue weighted by atomic mass is 16.5. The van der Waals surface area contributed by atoms with Crippen molar-refractivity contribution in [3.63, 3.8) is 0 Å². The lowest BCUT2D eigenvalue weighted by molar-refractivity contribution is 0.000510. The summed E-state index contributed by atoms with van der Waals surface area (Å²) < 4.78 is 11.5. The van der Waals surface area contributed by atoms with E-state index in [1.165, 1.54) is 0 Å². The van der Waals surface area contributed by atoms with Gasteiger partial charge in [0.25, 0.3) is 0 Å². The molecule has 1 aromatic carbocycles. The second-order valence-electron chi connectivity index (χ2n) is 4.33. The van der Waals surface area contributed by atoms with Crippen molar-refractivity contribution in [1.82, 2.24) is 10.3 Å². The predicted octanol–water partition coefficient (Wildman–Crippen LogP) is 1.60. The average Bonchev–Trinajstić information content (AvgIpc) is 2.46. The number of pyridine rings is 1. The van der Waals surface area contributed by atoms with Gasteiger partial charge in [-0.2, -0.15) is 0 Å². The Labute approximate surface area is 106 Å². The third kappa shape index (κ3) is 2.44.